The molecular formula is C23H22NO4-. The van der Waals surface area contributed by atoms with E-state index in [4.69, 9.17) is 4.74 Å². The van der Waals surface area contributed by atoms with Crippen molar-refractivity contribution in [1.82, 2.24) is 0 Å². The molecule has 0 unspecified atom stereocenters. The van der Waals surface area contributed by atoms with Crippen molar-refractivity contribution in [2.45, 2.75) is 31.2 Å². The minimum atomic E-state index is -1.15. The number of hydrogen-bond acceptors (Lipinski definition) is 5. The highest BCUT2D eigenvalue weighted by atomic mass is 16.5. The van der Waals surface area contributed by atoms with Crippen LogP contribution in [0.1, 0.15) is 63.1 Å². The molecule has 0 aromatic heterocycles. The second-order valence-corrected chi connectivity index (χ2v) is 8.23. The number of carboxylic acid groups (broad SMARTS) is 1. The molecular weight excluding hydrogens is 354 g/mol. The van der Waals surface area contributed by atoms with Crippen LogP contribution in [-0.4, -0.2) is 19.0 Å². The first kappa shape index (κ1) is 17.3. The molecule has 0 spiro atoms. The van der Waals surface area contributed by atoms with Crippen molar-refractivity contribution in [1.29, 1.82) is 0 Å². The van der Waals surface area contributed by atoms with E-state index >= 15 is 0 Å². The second kappa shape index (κ2) is 6.36. The number of esters is 1. The molecule has 0 saturated heterocycles. The molecule has 144 valence electrons. The van der Waals surface area contributed by atoms with Crippen LogP contribution in [-0.2, 0) is 4.74 Å². The van der Waals surface area contributed by atoms with Crippen molar-refractivity contribution < 1.29 is 19.4 Å². The van der Waals surface area contributed by atoms with E-state index in [0.717, 1.165) is 11.1 Å². The summed E-state index contributed by atoms with van der Waals surface area (Å²) in [6.45, 7) is 0. The van der Waals surface area contributed by atoms with Crippen LogP contribution in [0.25, 0.3) is 0 Å². The maximum Gasteiger partial charge on any atom is 0.337 e. The fourth-order valence-corrected chi connectivity index (χ4v) is 5.96. The van der Waals surface area contributed by atoms with Crippen LogP contribution in [0.5, 0.6) is 0 Å². The largest absolute Gasteiger partial charge is 0.545 e. The van der Waals surface area contributed by atoms with E-state index < -0.39 is 5.97 Å². The maximum absolute atomic E-state index is 11.8. The van der Waals surface area contributed by atoms with Gasteiger partial charge in [0.2, 0.25) is 0 Å². The summed E-state index contributed by atoms with van der Waals surface area (Å²) in [5.74, 6) is 0.570. The van der Waals surface area contributed by atoms with E-state index in [1.54, 1.807) is 18.2 Å². The van der Waals surface area contributed by atoms with Crippen LogP contribution < -0.4 is 10.4 Å². The molecule has 2 saturated carbocycles. The fourth-order valence-electron chi connectivity index (χ4n) is 5.96. The number of benzene rings is 2. The molecule has 1 heterocycles. The summed E-state index contributed by atoms with van der Waals surface area (Å²) in [7, 11) is 1.37. The summed E-state index contributed by atoms with van der Waals surface area (Å²) in [6.07, 6.45) is 3.66. The standard InChI is InChI=1S/C23H23NO4/c1-28-23(27)13-7-5-12(6-8-13)20-19-15-10-9-14(11-15)18(19)16-3-2-4-17(22(25)26)21(16)24-20/h2-8,14-15,18-20,24H,9-11H2,1H3,(H,25,26)/p-1/t14-,15+,18+,19+,20-/m0/s1. The average molecular weight is 376 g/mol. The van der Waals surface area contributed by atoms with Gasteiger partial charge < -0.3 is 20.0 Å². The summed E-state index contributed by atoms with van der Waals surface area (Å²) in [5, 5.41) is 15.3. The Balaban J connectivity index is 1.59. The normalized spacial score (nSPS) is 29.5. The Hall–Kier alpha value is -2.82. The predicted molar refractivity (Wildman–Crippen MR) is 102 cm³/mol. The minimum Gasteiger partial charge on any atom is -0.545 e. The van der Waals surface area contributed by atoms with Gasteiger partial charge in [-0.2, -0.15) is 0 Å². The molecule has 0 radical (unpaired) electrons. The monoisotopic (exact) mass is 376 g/mol. The molecule has 28 heavy (non-hydrogen) atoms. The zero-order valence-corrected chi connectivity index (χ0v) is 15.7. The third-order valence-electron chi connectivity index (χ3n) is 7.03. The number of aromatic carboxylic acids is 1. The number of methoxy groups -OCH3 is 1. The quantitative estimate of drug-likeness (QED) is 0.833. The van der Waals surface area contributed by atoms with E-state index in [-0.39, 0.29) is 17.6 Å². The lowest BCUT2D eigenvalue weighted by Crippen LogP contribution is -2.37. The number of ether oxygens (including phenoxy) is 1. The number of fused-ring (bicyclic) bond motifs is 7. The van der Waals surface area contributed by atoms with Gasteiger partial charge >= 0.3 is 5.97 Å². The summed E-state index contributed by atoms with van der Waals surface area (Å²) in [4.78, 5) is 23.5. The Bertz CT molecular complexity index is 952. The molecule has 5 nitrogen and oxygen atoms in total. The van der Waals surface area contributed by atoms with Crippen molar-refractivity contribution in [3.05, 3.63) is 64.7 Å². The van der Waals surface area contributed by atoms with Gasteiger partial charge in [0, 0.05) is 11.3 Å². The Morgan fingerprint density at radius 2 is 1.82 bits per heavy atom. The van der Waals surface area contributed by atoms with Gasteiger partial charge in [-0.25, -0.2) is 4.79 Å². The van der Waals surface area contributed by atoms with E-state index in [0.29, 0.717) is 34.9 Å². The smallest absolute Gasteiger partial charge is 0.337 e. The summed E-state index contributed by atoms with van der Waals surface area (Å²) in [5.41, 5.74) is 3.66. The van der Waals surface area contributed by atoms with Crippen LogP contribution >= 0.6 is 0 Å². The van der Waals surface area contributed by atoms with Gasteiger partial charge in [0.25, 0.3) is 0 Å². The molecule has 2 aromatic carbocycles. The Morgan fingerprint density at radius 3 is 2.54 bits per heavy atom. The van der Waals surface area contributed by atoms with E-state index in [1.165, 1.54) is 26.4 Å². The van der Waals surface area contributed by atoms with Crippen molar-refractivity contribution in [2.75, 3.05) is 12.4 Å². The number of carboxylic acids is 1. The lowest BCUT2D eigenvalue weighted by atomic mass is 9.67. The molecule has 2 aromatic rings. The number of nitrogens with one attached hydrogen (secondary N) is 1. The molecule has 1 aliphatic heterocycles. The van der Waals surface area contributed by atoms with Crippen molar-refractivity contribution >= 4 is 17.6 Å². The summed E-state index contributed by atoms with van der Waals surface area (Å²) >= 11 is 0. The van der Waals surface area contributed by atoms with Crippen molar-refractivity contribution in [3.63, 3.8) is 0 Å². The third-order valence-corrected chi connectivity index (χ3v) is 7.03. The molecule has 3 aliphatic rings. The maximum atomic E-state index is 11.8. The van der Waals surface area contributed by atoms with E-state index in [2.05, 4.69) is 11.4 Å². The molecule has 5 atom stereocenters. The topological polar surface area (TPSA) is 78.5 Å². The number of anilines is 1. The van der Waals surface area contributed by atoms with E-state index in [9.17, 15) is 14.7 Å². The van der Waals surface area contributed by atoms with Gasteiger partial charge in [0.15, 0.2) is 0 Å². The molecule has 0 amide bonds. The number of para-hydroxylation sites is 1. The van der Waals surface area contributed by atoms with Gasteiger partial charge in [0.1, 0.15) is 0 Å². The van der Waals surface area contributed by atoms with Gasteiger partial charge in [-0.15, -0.1) is 0 Å². The highest BCUT2D eigenvalue weighted by Gasteiger charge is 2.54. The van der Waals surface area contributed by atoms with Crippen LogP contribution in [0.15, 0.2) is 42.5 Å². The summed E-state index contributed by atoms with van der Waals surface area (Å²) in [6, 6.07) is 13.0. The van der Waals surface area contributed by atoms with E-state index in [1.807, 2.05) is 18.2 Å². The molecule has 2 bridgehead atoms. The minimum absolute atomic E-state index is 0.0278. The molecule has 5 rings (SSSR count). The molecule has 2 fully saturated rings. The third kappa shape index (κ3) is 2.45. The Morgan fingerprint density at radius 1 is 1.07 bits per heavy atom. The van der Waals surface area contributed by atoms with Crippen LogP contribution in [0.3, 0.4) is 0 Å². The summed E-state index contributed by atoms with van der Waals surface area (Å²) < 4.78 is 4.79. The molecule has 2 aliphatic carbocycles. The average Bonchev–Trinajstić information content (AvgIpc) is 3.35. The zero-order valence-electron chi connectivity index (χ0n) is 15.7. The van der Waals surface area contributed by atoms with Gasteiger partial charge in [0.05, 0.1) is 24.7 Å². The first-order chi connectivity index (χ1) is 13.6. The zero-order chi connectivity index (χ0) is 19.4. The molecule has 5 heteroatoms. The first-order valence-corrected chi connectivity index (χ1v) is 9.87. The lowest BCUT2D eigenvalue weighted by molar-refractivity contribution is -0.254. The van der Waals surface area contributed by atoms with Gasteiger partial charge in [-0.05, 0) is 66.2 Å². The first-order valence-electron chi connectivity index (χ1n) is 9.87. The van der Waals surface area contributed by atoms with Crippen LogP contribution in [0.4, 0.5) is 5.69 Å². The number of rotatable bonds is 3. The SMILES string of the molecule is COC(=O)c1ccc([C@@H]2Nc3c(C(=O)[O-])cccc3[C@H]3[C@H]4CC[C@H](C4)[C@H]32)cc1. The Labute approximate surface area is 163 Å². The molecule has 1 N–H and O–H groups in total. The van der Waals surface area contributed by atoms with Crippen molar-refractivity contribution in [3.8, 4) is 0 Å². The fraction of sp³-hybridized carbons (Fsp3) is 0.391. The predicted octanol–water partition coefficient (Wildman–Crippen LogP) is 3.13. The van der Waals surface area contributed by atoms with Gasteiger partial charge in [-0.1, -0.05) is 30.3 Å². The highest BCUT2D eigenvalue weighted by Crippen LogP contribution is 2.63. The number of hydrogen-bond donors (Lipinski definition) is 1. The number of carbonyl (C=O) groups is 2. The second-order valence-electron chi connectivity index (χ2n) is 8.23. The van der Waals surface area contributed by atoms with Crippen LogP contribution in [0.2, 0.25) is 0 Å². The van der Waals surface area contributed by atoms with Gasteiger partial charge in [-0.3, -0.25) is 0 Å². The number of carbonyl (C=O) groups excluding carboxylic acids is 2. The highest BCUT2D eigenvalue weighted by molar-refractivity contribution is 5.94. The Kier molecular flexibility index (Phi) is 3.93. The van der Waals surface area contributed by atoms with Crippen molar-refractivity contribution in [2.24, 2.45) is 17.8 Å². The van der Waals surface area contributed by atoms with Crippen LogP contribution in [0, 0.1) is 17.8 Å². The lowest BCUT2D eigenvalue weighted by Gasteiger charge is -2.44.